The van der Waals surface area contributed by atoms with Crippen molar-refractivity contribution < 1.29 is 9.59 Å². The summed E-state index contributed by atoms with van der Waals surface area (Å²) in [6.07, 6.45) is 2.74. The van der Waals surface area contributed by atoms with Crippen LogP contribution >= 0.6 is 11.3 Å². The first-order valence-corrected chi connectivity index (χ1v) is 10.3. The lowest BCUT2D eigenvalue weighted by molar-refractivity contribution is -0.118. The molecule has 0 aliphatic rings. The number of nitrogens with one attached hydrogen (secondary N) is 2. The minimum Gasteiger partial charge on any atom is -0.356 e. The average Bonchev–Trinajstić information content (AvgIpc) is 3.25. The van der Waals surface area contributed by atoms with Crippen LogP contribution < -0.4 is 10.6 Å². The number of nitrogens with zero attached hydrogens (tertiary/aromatic N) is 2. The van der Waals surface area contributed by atoms with E-state index in [0.29, 0.717) is 25.1 Å². The van der Waals surface area contributed by atoms with Crippen LogP contribution in [0.4, 0.5) is 0 Å². The van der Waals surface area contributed by atoms with Crippen LogP contribution in [0, 0.1) is 6.92 Å². The van der Waals surface area contributed by atoms with Gasteiger partial charge in [0, 0.05) is 37.3 Å². The third kappa shape index (κ3) is 4.14. The Morgan fingerprint density at radius 2 is 1.83 bits per heavy atom. The SMILES string of the molecule is CC(=O)NCCCNC(=O)c1ccc2c(c1)sc1nc(-c3ccc(C)cc3)cn12. The Balaban J connectivity index is 1.50. The second-order valence-corrected chi connectivity index (χ2v) is 8.03. The molecule has 0 saturated heterocycles. The molecule has 0 bridgehead atoms. The Morgan fingerprint density at radius 3 is 2.59 bits per heavy atom. The van der Waals surface area contributed by atoms with Crippen LogP contribution in [-0.2, 0) is 4.79 Å². The number of fused-ring (bicyclic) bond motifs is 3. The van der Waals surface area contributed by atoms with Crippen LogP contribution in [-0.4, -0.2) is 34.3 Å². The second kappa shape index (κ2) is 8.05. The number of aryl methyl sites for hydroxylation is 1. The molecule has 0 unspecified atom stereocenters. The van der Waals surface area contributed by atoms with Crippen molar-refractivity contribution in [1.29, 1.82) is 0 Å². The highest BCUT2D eigenvalue weighted by molar-refractivity contribution is 7.23. The molecule has 29 heavy (non-hydrogen) atoms. The van der Waals surface area contributed by atoms with Crippen molar-refractivity contribution in [3.05, 3.63) is 59.8 Å². The van der Waals surface area contributed by atoms with Gasteiger partial charge < -0.3 is 10.6 Å². The number of aromatic nitrogens is 2. The Morgan fingerprint density at radius 1 is 1.07 bits per heavy atom. The Bertz CT molecular complexity index is 1190. The first-order valence-electron chi connectivity index (χ1n) is 9.52. The van der Waals surface area contributed by atoms with Gasteiger partial charge in [0.1, 0.15) is 0 Å². The fraction of sp³-hybridized carbons (Fsp3) is 0.227. The summed E-state index contributed by atoms with van der Waals surface area (Å²) in [6, 6.07) is 14.0. The lowest BCUT2D eigenvalue weighted by atomic mass is 10.1. The average molecular weight is 407 g/mol. The molecule has 4 aromatic rings. The summed E-state index contributed by atoms with van der Waals surface area (Å²) in [4.78, 5) is 28.9. The monoisotopic (exact) mass is 406 g/mol. The van der Waals surface area contributed by atoms with Gasteiger partial charge in [-0.15, -0.1) is 0 Å². The number of rotatable bonds is 6. The molecule has 2 aromatic carbocycles. The molecule has 0 saturated carbocycles. The topological polar surface area (TPSA) is 75.5 Å². The van der Waals surface area contributed by atoms with Crippen LogP contribution in [0.5, 0.6) is 0 Å². The van der Waals surface area contributed by atoms with Crippen molar-refractivity contribution in [2.45, 2.75) is 20.3 Å². The lowest BCUT2D eigenvalue weighted by Gasteiger charge is -2.06. The second-order valence-electron chi connectivity index (χ2n) is 7.02. The first kappa shape index (κ1) is 19.1. The van der Waals surface area contributed by atoms with E-state index in [9.17, 15) is 9.59 Å². The zero-order valence-electron chi connectivity index (χ0n) is 16.4. The Kier molecular flexibility index (Phi) is 5.31. The van der Waals surface area contributed by atoms with Gasteiger partial charge in [0.2, 0.25) is 5.91 Å². The molecule has 2 amide bonds. The number of carbonyl (C=O) groups is 2. The molecule has 148 valence electrons. The quantitative estimate of drug-likeness (QED) is 0.479. The number of hydrogen-bond acceptors (Lipinski definition) is 4. The molecule has 0 fully saturated rings. The zero-order valence-corrected chi connectivity index (χ0v) is 17.2. The smallest absolute Gasteiger partial charge is 0.251 e. The summed E-state index contributed by atoms with van der Waals surface area (Å²) in [5.74, 6) is -0.170. The molecule has 2 N–H and O–H groups in total. The predicted molar refractivity (Wildman–Crippen MR) is 116 cm³/mol. The molecule has 0 radical (unpaired) electrons. The molecule has 6 nitrogen and oxygen atoms in total. The Hall–Kier alpha value is -3.19. The zero-order chi connectivity index (χ0) is 20.4. The van der Waals surface area contributed by atoms with E-state index in [1.54, 1.807) is 11.3 Å². The van der Waals surface area contributed by atoms with Crippen LogP contribution in [0.3, 0.4) is 0 Å². The van der Waals surface area contributed by atoms with E-state index >= 15 is 0 Å². The third-order valence-corrected chi connectivity index (χ3v) is 5.73. The van der Waals surface area contributed by atoms with E-state index < -0.39 is 0 Å². The predicted octanol–water partition coefficient (Wildman–Crippen LogP) is 3.78. The molecule has 7 heteroatoms. The van der Waals surface area contributed by atoms with Gasteiger partial charge in [-0.2, -0.15) is 0 Å². The van der Waals surface area contributed by atoms with Gasteiger partial charge in [0.15, 0.2) is 4.96 Å². The number of thiazole rings is 1. The van der Waals surface area contributed by atoms with Crippen molar-refractivity contribution in [1.82, 2.24) is 20.0 Å². The molecule has 0 atom stereocenters. The summed E-state index contributed by atoms with van der Waals surface area (Å²) in [5.41, 5.74) is 4.92. The highest BCUT2D eigenvalue weighted by Crippen LogP contribution is 2.30. The third-order valence-electron chi connectivity index (χ3n) is 4.72. The lowest BCUT2D eigenvalue weighted by Crippen LogP contribution is -2.28. The number of hydrogen-bond donors (Lipinski definition) is 2. The largest absolute Gasteiger partial charge is 0.356 e. The van der Waals surface area contributed by atoms with Crippen molar-refractivity contribution in [3.63, 3.8) is 0 Å². The van der Waals surface area contributed by atoms with Gasteiger partial charge in [0.25, 0.3) is 5.91 Å². The van der Waals surface area contributed by atoms with Gasteiger partial charge in [-0.25, -0.2) is 4.98 Å². The molecular formula is C22H22N4O2S. The summed E-state index contributed by atoms with van der Waals surface area (Å²) >= 11 is 1.57. The van der Waals surface area contributed by atoms with Crippen LogP contribution in [0.25, 0.3) is 26.4 Å². The van der Waals surface area contributed by atoms with Crippen molar-refractivity contribution in [2.24, 2.45) is 0 Å². The van der Waals surface area contributed by atoms with Crippen molar-refractivity contribution in [2.75, 3.05) is 13.1 Å². The van der Waals surface area contributed by atoms with Gasteiger partial charge in [0.05, 0.1) is 15.9 Å². The Labute approximate surface area is 172 Å². The van der Waals surface area contributed by atoms with Gasteiger partial charge in [-0.05, 0) is 31.5 Å². The molecule has 0 aliphatic heterocycles. The number of amides is 2. The molecule has 0 spiro atoms. The molecule has 0 aliphatic carbocycles. The summed E-state index contributed by atoms with van der Waals surface area (Å²) in [7, 11) is 0. The van der Waals surface area contributed by atoms with Crippen molar-refractivity contribution in [3.8, 4) is 11.3 Å². The van der Waals surface area contributed by atoms with E-state index in [-0.39, 0.29) is 11.8 Å². The normalized spacial score (nSPS) is 11.1. The van der Waals surface area contributed by atoms with Crippen LogP contribution in [0.2, 0.25) is 0 Å². The summed E-state index contributed by atoms with van der Waals surface area (Å²) < 4.78 is 3.10. The molecular weight excluding hydrogens is 384 g/mol. The number of carbonyl (C=O) groups excluding carboxylic acids is 2. The van der Waals surface area contributed by atoms with E-state index in [2.05, 4.69) is 46.2 Å². The van der Waals surface area contributed by atoms with Gasteiger partial charge in [-0.3, -0.25) is 14.0 Å². The fourth-order valence-electron chi connectivity index (χ4n) is 3.16. The maximum absolute atomic E-state index is 12.4. The fourth-order valence-corrected chi connectivity index (χ4v) is 4.21. The van der Waals surface area contributed by atoms with E-state index in [0.717, 1.165) is 26.4 Å². The van der Waals surface area contributed by atoms with E-state index in [1.165, 1.54) is 12.5 Å². The van der Waals surface area contributed by atoms with Crippen LogP contribution in [0.15, 0.2) is 48.7 Å². The standard InChI is InChI=1S/C22H22N4O2S/c1-14-4-6-16(7-5-14)18-13-26-19-9-8-17(12-20(19)29-22(26)25-18)21(28)24-11-3-10-23-15(2)27/h4-9,12-13H,3,10-11H2,1-2H3,(H,23,27)(H,24,28). The maximum Gasteiger partial charge on any atom is 0.251 e. The highest BCUT2D eigenvalue weighted by atomic mass is 32.1. The first-order chi connectivity index (χ1) is 14.0. The summed E-state index contributed by atoms with van der Waals surface area (Å²) in [6.45, 7) is 4.63. The minimum atomic E-state index is -0.110. The number of imidazole rings is 1. The molecule has 2 heterocycles. The molecule has 4 rings (SSSR count). The minimum absolute atomic E-state index is 0.0602. The highest BCUT2D eigenvalue weighted by Gasteiger charge is 2.13. The van der Waals surface area contributed by atoms with Crippen LogP contribution in [0.1, 0.15) is 29.3 Å². The van der Waals surface area contributed by atoms with Crippen molar-refractivity contribution >= 4 is 38.3 Å². The number of benzene rings is 2. The molecule has 2 aromatic heterocycles. The van der Waals surface area contributed by atoms with Gasteiger partial charge in [-0.1, -0.05) is 41.2 Å². The van der Waals surface area contributed by atoms with E-state index in [4.69, 9.17) is 4.98 Å². The van der Waals surface area contributed by atoms with E-state index in [1.807, 2.05) is 24.4 Å². The summed E-state index contributed by atoms with van der Waals surface area (Å²) in [5, 5.41) is 5.61. The maximum atomic E-state index is 12.4. The van der Waals surface area contributed by atoms with Gasteiger partial charge >= 0.3 is 0 Å².